The quantitative estimate of drug-likeness (QED) is 0.703. The SMILES string of the molecule is O=C(NC1CNCC1O)OCc1ccccc1. The first kappa shape index (κ1) is 11.9. The van der Waals surface area contributed by atoms with Gasteiger partial charge in [0.05, 0.1) is 12.1 Å². The van der Waals surface area contributed by atoms with Crippen LogP contribution < -0.4 is 10.6 Å². The van der Waals surface area contributed by atoms with Crippen molar-refractivity contribution >= 4 is 6.09 Å². The van der Waals surface area contributed by atoms with E-state index in [0.717, 1.165) is 5.56 Å². The van der Waals surface area contributed by atoms with E-state index in [0.29, 0.717) is 13.1 Å². The van der Waals surface area contributed by atoms with Crippen molar-refractivity contribution < 1.29 is 14.6 Å². The van der Waals surface area contributed by atoms with Crippen LogP contribution in [0.1, 0.15) is 5.56 Å². The number of amides is 1. The number of β-amino-alcohol motifs (C(OH)–C–C–N with tert-alkyl or cyclic N) is 1. The molecule has 17 heavy (non-hydrogen) atoms. The average molecular weight is 236 g/mol. The molecule has 1 fully saturated rings. The molecule has 1 aromatic carbocycles. The Morgan fingerprint density at radius 3 is 2.82 bits per heavy atom. The van der Waals surface area contributed by atoms with Gasteiger partial charge in [-0.05, 0) is 5.56 Å². The van der Waals surface area contributed by atoms with Crippen LogP contribution in [-0.4, -0.2) is 36.4 Å². The molecule has 5 nitrogen and oxygen atoms in total. The zero-order valence-corrected chi connectivity index (χ0v) is 9.43. The van der Waals surface area contributed by atoms with E-state index >= 15 is 0 Å². The van der Waals surface area contributed by atoms with Gasteiger partial charge in [-0.3, -0.25) is 0 Å². The van der Waals surface area contributed by atoms with Crippen LogP contribution in [0.15, 0.2) is 30.3 Å². The lowest BCUT2D eigenvalue weighted by Crippen LogP contribution is -2.42. The fraction of sp³-hybridized carbons (Fsp3) is 0.417. The van der Waals surface area contributed by atoms with Gasteiger partial charge in [-0.25, -0.2) is 4.79 Å². The lowest BCUT2D eigenvalue weighted by Gasteiger charge is -2.15. The first-order valence-corrected chi connectivity index (χ1v) is 5.61. The molecule has 3 N–H and O–H groups in total. The van der Waals surface area contributed by atoms with Gasteiger partial charge in [0.1, 0.15) is 6.61 Å². The summed E-state index contributed by atoms with van der Waals surface area (Å²) in [6, 6.07) is 9.20. The molecule has 1 aliphatic heterocycles. The Kier molecular flexibility index (Phi) is 3.95. The zero-order chi connectivity index (χ0) is 12.1. The monoisotopic (exact) mass is 236 g/mol. The number of hydrogen-bond acceptors (Lipinski definition) is 4. The van der Waals surface area contributed by atoms with Crippen molar-refractivity contribution in [2.45, 2.75) is 18.8 Å². The van der Waals surface area contributed by atoms with Gasteiger partial charge in [0, 0.05) is 13.1 Å². The number of rotatable bonds is 3. The highest BCUT2D eigenvalue weighted by atomic mass is 16.5. The molecule has 2 atom stereocenters. The summed E-state index contributed by atoms with van der Waals surface area (Å²) in [4.78, 5) is 11.4. The van der Waals surface area contributed by atoms with Crippen molar-refractivity contribution in [3.05, 3.63) is 35.9 Å². The van der Waals surface area contributed by atoms with Crippen LogP contribution in [0, 0.1) is 0 Å². The van der Waals surface area contributed by atoms with Crippen LogP contribution in [-0.2, 0) is 11.3 Å². The summed E-state index contributed by atoms with van der Waals surface area (Å²) in [6.07, 6.45) is -1.04. The van der Waals surface area contributed by atoms with Crippen LogP contribution >= 0.6 is 0 Å². The highest BCUT2D eigenvalue weighted by molar-refractivity contribution is 5.67. The Hall–Kier alpha value is -1.59. The summed E-state index contributed by atoms with van der Waals surface area (Å²) in [5.74, 6) is 0. The number of carbonyl (C=O) groups excluding carboxylic acids is 1. The molecule has 0 spiro atoms. The molecule has 0 aliphatic carbocycles. The number of alkyl carbamates (subject to hydrolysis) is 1. The minimum Gasteiger partial charge on any atom is -0.445 e. The molecule has 0 saturated carbocycles. The molecule has 1 aromatic rings. The Labute approximate surface area is 99.8 Å². The smallest absolute Gasteiger partial charge is 0.407 e. The lowest BCUT2D eigenvalue weighted by atomic mass is 10.2. The van der Waals surface area contributed by atoms with Crippen LogP contribution in [0.25, 0.3) is 0 Å². The van der Waals surface area contributed by atoms with Crippen molar-refractivity contribution in [1.29, 1.82) is 0 Å². The second-order valence-corrected chi connectivity index (χ2v) is 4.04. The zero-order valence-electron chi connectivity index (χ0n) is 9.43. The first-order chi connectivity index (χ1) is 8.25. The summed E-state index contributed by atoms with van der Waals surface area (Å²) in [6.45, 7) is 1.31. The van der Waals surface area contributed by atoms with Crippen molar-refractivity contribution in [3.63, 3.8) is 0 Å². The number of nitrogens with one attached hydrogen (secondary N) is 2. The molecule has 1 heterocycles. The maximum atomic E-state index is 11.4. The summed E-state index contributed by atoms with van der Waals surface area (Å²) in [5, 5.41) is 15.1. The molecule has 2 rings (SSSR count). The van der Waals surface area contributed by atoms with E-state index < -0.39 is 12.2 Å². The predicted octanol–water partition coefficient (Wildman–Crippen LogP) is 0.245. The van der Waals surface area contributed by atoms with Crippen LogP contribution in [0.2, 0.25) is 0 Å². The van der Waals surface area contributed by atoms with Crippen molar-refractivity contribution in [1.82, 2.24) is 10.6 Å². The third kappa shape index (κ3) is 3.44. The van der Waals surface area contributed by atoms with Crippen LogP contribution in [0.5, 0.6) is 0 Å². The van der Waals surface area contributed by atoms with Crippen LogP contribution in [0.3, 0.4) is 0 Å². The minimum absolute atomic E-state index is 0.239. The molecule has 0 bridgehead atoms. The van der Waals surface area contributed by atoms with Gasteiger partial charge in [0.2, 0.25) is 0 Å². The molecular formula is C12H16N2O3. The molecule has 2 unspecified atom stereocenters. The number of aliphatic hydroxyl groups excluding tert-OH is 1. The topological polar surface area (TPSA) is 70.6 Å². The van der Waals surface area contributed by atoms with E-state index in [1.165, 1.54) is 0 Å². The second kappa shape index (κ2) is 5.65. The van der Waals surface area contributed by atoms with Gasteiger partial charge >= 0.3 is 6.09 Å². The standard InChI is InChI=1S/C12H16N2O3/c15-11-7-13-6-10(11)14-12(16)17-8-9-4-2-1-3-5-9/h1-5,10-11,13,15H,6-8H2,(H,14,16). The number of aliphatic hydroxyl groups is 1. The molecular weight excluding hydrogens is 220 g/mol. The van der Waals surface area contributed by atoms with E-state index in [1.54, 1.807) is 0 Å². The van der Waals surface area contributed by atoms with E-state index in [9.17, 15) is 9.90 Å². The van der Waals surface area contributed by atoms with E-state index in [1.807, 2.05) is 30.3 Å². The van der Waals surface area contributed by atoms with Crippen molar-refractivity contribution in [2.75, 3.05) is 13.1 Å². The van der Waals surface area contributed by atoms with Gasteiger partial charge < -0.3 is 20.5 Å². The Balaban J connectivity index is 1.74. The summed E-state index contributed by atoms with van der Waals surface area (Å²) in [7, 11) is 0. The van der Waals surface area contributed by atoms with Gasteiger partial charge in [0.15, 0.2) is 0 Å². The average Bonchev–Trinajstić information content (AvgIpc) is 2.74. The van der Waals surface area contributed by atoms with Gasteiger partial charge in [-0.1, -0.05) is 30.3 Å². The highest BCUT2D eigenvalue weighted by Gasteiger charge is 2.26. The maximum Gasteiger partial charge on any atom is 0.407 e. The van der Waals surface area contributed by atoms with Crippen molar-refractivity contribution in [3.8, 4) is 0 Å². The van der Waals surface area contributed by atoms with Gasteiger partial charge in [-0.2, -0.15) is 0 Å². The second-order valence-electron chi connectivity index (χ2n) is 4.04. The number of carbonyl (C=O) groups is 1. The normalized spacial score (nSPS) is 23.4. The Morgan fingerprint density at radius 2 is 2.18 bits per heavy atom. The largest absolute Gasteiger partial charge is 0.445 e. The van der Waals surface area contributed by atoms with Gasteiger partial charge in [-0.15, -0.1) is 0 Å². The lowest BCUT2D eigenvalue weighted by molar-refractivity contribution is 0.118. The fourth-order valence-corrected chi connectivity index (χ4v) is 1.73. The Morgan fingerprint density at radius 1 is 1.41 bits per heavy atom. The number of ether oxygens (including phenoxy) is 1. The van der Waals surface area contributed by atoms with E-state index in [-0.39, 0.29) is 12.6 Å². The molecule has 1 saturated heterocycles. The predicted molar refractivity (Wildman–Crippen MR) is 62.4 cm³/mol. The highest BCUT2D eigenvalue weighted by Crippen LogP contribution is 2.02. The maximum absolute atomic E-state index is 11.4. The van der Waals surface area contributed by atoms with E-state index in [2.05, 4.69) is 10.6 Å². The third-order valence-corrected chi connectivity index (χ3v) is 2.70. The fourth-order valence-electron chi connectivity index (χ4n) is 1.73. The molecule has 92 valence electrons. The number of benzene rings is 1. The summed E-state index contributed by atoms with van der Waals surface area (Å²) in [5.41, 5.74) is 0.938. The third-order valence-electron chi connectivity index (χ3n) is 2.70. The number of hydrogen-bond donors (Lipinski definition) is 3. The summed E-state index contributed by atoms with van der Waals surface area (Å²) >= 11 is 0. The first-order valence-electron chi connectivity index (χ1n) is 5.61. The Bertz CT molecular complexity index is 369. The molecule has 0 radical (unpaired) electrons. The molecule has 1 amide bonds. The van der Waals surface area contributed by atoms with E-state index in [4.69, 9.17) is 4.74 Å². The minimum atomic E-state index is -0.542. The molecule has 5 heteroatoms. The van der Waals surface area contributed by atoms with Crippen molar-refractivity contribution in [2.24, 2.45) is 0 Å². The molecule has 1 aliphatic rings. The van der Waals surface area contributed by atoms with Gasteiger partial charge in [0.25, 0.3) is 0 Å². The van der Waals surface area contributed by atoms with Crippen LogP contribution in [0.4, 0.5) is 4.79 Å². The summed E-state index contributed by atoms with van der Waals surface area (Å²) < 4.78 is 5.05. The molecule has 0 aromatic heterocycles.